The Balaban J connectivity index is 1.97. The van der Waals surface area contributed by atoms with Gasteiger partial charge in [-0.2, -0.15) is 0 Å². The van der Waals surface area contributed by atoms with E-state index in [0.29, 0.717) is 12.1 Å². The Bertz CT molecular complexity index is 941. The van der Waals surface area contributed by atoms with E-state index in [-0.39, 0.29) is 17.3 Å². The summed E-state index contributed by atoms with van der Waals surface area (Å²) in [7, 11) is -3.70. The van der Waals surface area contributed by atoms with E-state index < -0.39 is 21.8 Å². The summed E-state index contributed by atoms with van der Waals surface area (Å²) >= 11 is 0. The standard InChI is InChI=1S/C19H20N2O4S/c1-3-20(16-9-5-4-6-10-16)19(23)15-8-7-11-17(12-15)21-18(22)14(2)13-26(21,24)25/h4-12,14H,3,13H2,1-2H3/t14-/m1/s1. The van der Waals surface area contributed by atoms with E-state index in [0.717, 1.165) is 9.99 Å². The maximum absolute atomic E-state index is 12.9. The van der Waals surface area contributed by atoms with Crippen molar-refractivity contribution < 1.29 is 18.0 Å². The lowest BCUT2D eigenvalue weighted by Crippen LogP contribution is -2.32. The molecule has 0 saturated carbocycles. The van der Waals surface area contributed by atoms with Crippen molar-refractivity contribution >= 4 is 33.2 Å². The van der Waals surface area contributed by atoms with Crippen LogP contribution in [0.1, 0.15) is 24.2 Å². The number of hydrogen-bond donors (Lipinski definition) is 0. The summed E-state index contributed by atoms with van der Waals surface area (Å²) in [5.41, 5.74) is 1.29. The molecule has 2 aromatic carbocycles. The fraction of sp³-hybridized carbons (Fsp3) is 0.263. The number of nitrogens with zero attached hydrogens (tertiary/aromatic N) is 2. The zero-order chi connectivity index (χ0) is 18.9. The molecule has 0 radical (unpaired) electrons. The SMILES string of the molecule is CCN(C(=O)c1cccc(N2C(=O)[C@H](C)CS2(=O)=O)c1)c1ccccc1. The molecule has 2 aromatic rings. The number of carbonyl (C=O) groups excluding carboxylic acids is 2. The van der Waals surface area contributed by atoms with Crippen LogP contribution in [-0.2, 0) is 14.8 Å². The molecule has 7 heteroatoms. The predicted octanol–water partition coefficient (Wildman–Crippen LogP) is 2.67. The minimum Gasteiger partial charge on any atom is -0.309 e. The molecule has 136 valence electrons. The molecular formula is C19H20N2O4S. The van der Waals surface area contributed by atoms with Crippen molar-refractivity contribution in [2.75, 3.05) is 21.5 Å². The van der Waals surface area contributed by atoms with Crippen LogP contribution < -0.4 is 9.21 Å². The molecule has 1 heterocycles. The van der Waals surface area contributed by atoms with E-state index in [1.54, 1.807) is 24.0 Å². The molecule has 6 nitrogen and oxygen atoms in total. The van der Waals surface area contributed by atoms with Crippen LogP contribution in [0.4, 0.5) is 11.4 Å². The van der Waals surface area contributed by atoms with Crippen LogP contribution >= 0.6 is 0 Å². The fourth-order valence-corrected chi connectivity index (χ4v) is 4.87. The van der Waals surface area contributed by atoms with E-state index in [1.165, 1.54) is 12.1 Å². The Labute approximate surface area is 153 Å². The molecule has 1 saturated heterocycles. The first-order chi connectivity index (χ1) is 12.3. The molecule has 0 spiro atoms. The number of amides is 2. The van der Waals surface area contributed by atoms with Crippen LogP contribution in [0.5, 0.6) is 0 Å². The number of para-hydroxylation sites is 1. The normalized spacial score (nSPS) is 18.8. The molecule has 26 heavy (non-hydrogen) atoms. The summed E-state index contributed by atoms with van der Waals surface area (Å²) in [5, 5.41) is 0. The van der Waals surface area contributed by atoms with E-state index >= 15 is 0 Å². The van der Waals surface area contributed by atoms with Gasteiger partial charge >= 0.3 is 0 Å². The molecule has 0 N–H and O–H groups in total. The first-order valence-electron chi connectivity index (χ1n) is 8.39. The van der Waals surface area contributed by atoms with Crippen LogP contribution in [0.3, 0.4) is 0 Å². The molecular weight excluding hydrogens is 352 g/mol. The Morgan fingerprint density at radius 1 is 1.15 bits per heavy atom. The molecule has 1 aliphatic rings. The van der Waals surface area contributed by atoms with Crippen LogP contribution in [0, 0.1) is 5.92 Å². The highest BCUT2D eigenvalue weighted by molar-refractivity contribution is 7.94. The largest absolute Gasteiger partial charge is 0.309 e. The van der Waals surface area contributed by atoms with Gasteiger partial charge in [0.15, 0.2) is 0 Å². The molecule has 3 rings (SSSR count). The first kappa shape index (κ1) is 18.1. The molecule has 0 aliphatic carbocycles. The zero-order valence-corrected chi connectivity index (χ0v) is 15.4. The summed E-state index contributed by atoms with van der Waals surface area (Å²) in [5.74, 6) is -1.52. The maximum atomic E-state index is 12.9. The van der Waals surface area contributed by atoms with Crippen LogP contribution in [0.2, 0.25) is 0 Å². The molecule has 0 aromatic heterocycles. The highest BCUT2D eigenvalue weighted by Gasteiger charge is 2.42. The monoisotopic (exact) mass is 372 g/mol. The number of rotatable bonds is 4. The van der Waals surface area contributed by atoms with Crippen molar-refractivity contribution in [2.45, 2.75) is 13.8 Å². The van der Waals surface area contributed by atoms with Gasteiger partial charge in [-0.05, 0) is 37.3 Å². The fourth-order valence-electron chi connectivity index (χ4n) is 3.06. The molecule has 1 aliphatic heterocycles. The van der Waals surface area contributed by atoms with Crippen molar-refractivity contribution in [2.24, 2.45) is 5.92 Å². The smallest absolute Gasteiger partial charge is 0.258 e. The lowest BCUT2D eigenvalue weighted by molar-refractivity contribution is -0.119. The molecule has 0 bridgehead atoms. The third-order valence-electron chi connectivity index (χ3n) is 4.32. The number of hydrogen-bond acceptors (Lipinski definition) is 4. The van der Waals surface area contributed by atoms with Gasteiger partial charge < -0.3 is 4.90 Å². The number of sulfonamides is 1. The first-order valence-corrected chi connectivity index (χ1v) is 10.00. The van der Waals surface area contributed by atoms with Crippen LogP contribution in [-0.4, -0.2) is 32.5 Å². The lowest BCUT2D eigenvalue weighted by atomic mass is 10.1. The minimum absolute atomic E-state index is 0.203. The lowest BCUT2D eigenvalue weighted by Gasteiger charge is -2.22. The van der Waals surface area contributed by atoms with Gasteiger partial charge in [-0.1, -0.05) is 31.2 Å². The van der Waals surface area contributed by atoms with Crippen molar-refractivity contribution in [3.63, 3.8) is 0 Å². The number of benzene rings is 2. The Kier molecular flexibility index (Phi) is 4.82. The van der Waals surface area contributed by atoms with Gasteiger partial charge in [-0.25, -0.2) is 12.7 Å². The van der Waals surface area contributed by atoms with Crippen LogP contribution in [0.15, 0.2) is 54.6 Å². The van der Waals surface area contributed by atoms with E-state index in [1.807, 2.05) is 37.3 Å². The summed E-state index contributed by atoms with van der Waals surface area (Å²) in [6.45, 7) is 3.92. The van der Waals surface area contributed by atoms with Crippen molar-refractivity contribution in [1.29, 1.82) is 0 Å². The topological polar surface area (TPSA) is 74.8 Å². The third kappa shape index (κ3) is 3.22. The van der Waals surface area contributed by atoms with Crippen LogP contribution in [0.25, 0.3) is 0 Å². The van der Waals surface area contributed by atoms with Gasteiger partial charge in [0.05, 0.1) is 17.4 Å². The van der Waals surface area contributed by atoms with Gasteiger partial charge in [0, 0.05) is 17.8 Å². The van der Waals surface area contributed by atoms with Gasteiger partial charge in [0.2, 0.25) is 15.9 Å². The van der Waals surface area contributed by atoms with E-state index in [9.17, 15) is 18.0 Å². The number of anilines is 2. The molecule has 2 amide bonds. The van der Waals surface area contributed by atoms with E-state index in [4.69, 9.17) is 0 Å². The van der Waals surface area contributed by atoms with Crippen molar-refractivity contribution in [3.05, 3.63) is 60.2 Å². The zero-order valence-electron chi connectivity index (χ0n) is 14.6. The molecule has 1 fully saturated rings. The summed E-state index contributed by atoms with van der Waals surface area (Å²) < 4.78 is 25.4. The quantitative estimate of drug-likeness (QED) is 0.827. The van der Waals surface area contributed by atoms with Gasteiger partial charge in [0.25, 0.3) is 5.91 Å². The number of carbonyl (C=O) groups is 2. The van der Waals surface area contributed by atoms with E-state index in [2.05, 4.69) is 0 Å². The minimum atomic E-state index is -3.70. The third-order valence-corrected chi connectivity index (χ3v) is 6.19. The average Bonchev–Trinajstić information content (AvgIpc) is 2.83. The molecule has 1 atom stereocenters. The second kappa shape index (κ2) is 6.92. The van der Waals surface area contributed by atoms with Crippen molar-refractivity contribution in [3.8, 4) is 0 Å². The van der Waals surface area contributed by atoms with Crippen molar-refractivity contribution in [1.82, 2.24) is 0 Å². The predicted molar refractivity (Wildman–Crippen MR) is 101 cm³/mol. The Morgan fingerprint density at radius 2 is 1.85 bits per heavy atom. The molecule has 0 unspecified atom stereocenters. The highest BCUT2D eigenvalue weighted by Crippen LogP contribution is 2.29. The highest BCUT2D eigenvalue weighted by atomic mass is 32.2. The van der Waals surface area contributed by atoms with Gasteiger partial charge in [0.1, 0.15) is 0 Å². The maximum Gasteiger partial charge on any atom is 0.258 e. The second-order valence-electron chi connectivity index (χ2n) is 6.22. The summed E-state index contributed by atoms with van der Waals surface area (Å²) in [4.78, 5) is 26.8. The second-order valence-corrected chi connectivity index (χ2v) is 8.08. The Morgan fingerprint density at radius 3 is 2.42 bits per heavy atom. The Hall–Kier alpha value is -2.67. The van der Waals surface area contributed by atoms with Gasteiger partial charge in [-0.15, -0.1) is 0 Å². The van der Waals surface area contributed by atoms with Gasteiger partial charge in [-0.3, -0.25) is 9.59 Å². The average molecular weight is 372 g/mol. The summed E-state index contributed by atoms with van der Waals surface area (Å²) in [6.07, 6.45) is 0. The summed E-state index contributed by atoms with van der Waals surface area (Å²) in [6, 6.07) is 15.4.